The highest BCUT2D eigenvalue weighted by Crippen LogP contribution is 2.63. The summed E-state index contributed by atoms with van der Waals surface area (Å²) in [6.45, 7) is 0. The predicted octanol–water partition coefficient (Wildman–Crippen LogP) is 20.7. The summed E-state index contributed by atoms with van der Waals surface area (Å²) < 4.78 is 23.5. The number of ether oxygens (including phenoxy) is 2. The van der Waals surface area contributed by atoms with Crippen LogP contribution in [0.4, 0.5) is 17.1 Å². The molecule has 1 spiro atoms. The van der Waals surface area contributed by atoms with Crippen molar-refractivity contribution in [2.45, 2.75) is 5.41 Å². The number of fused-ring (bicyclic) bond motifs is 23. The van der Waals surface area contributed by atoms with Gasteiger partial charge in [0.15, 0.2) is 11.5 Å². The zero-order chi connectivity index (χ0) is 63.1. The molecule has 12 aromatic carbocycles. The second-order valence-electron chi connectivity index (χ2n) is 25.1. The van der Waals surface area contributed by atoms with Gasteiger partial charge in [-0.2, -0.15) is 10.5 Å². The van der Waals surface area contributed by atoms with Crippen LogP contribution < -0.4 is 14.4 Å². The van der Waals surface area contributed by atoms with Crippen LogP contribution >= 0.6 is 0 Å². The van der Waals surface area contributed by atoms with Crippen molar-refractivity contribution in [3.8, 4) is 69.3 Å². The van der Waals surface area contributed by atoms with Crippen LogP contribution in [-0.2, 0) is 5.41 Å². The van der Waals surface area contributed by atoms with Crippen molar-refractivity contribution < 1.29 is 9.47 Å². The maximum Gasteiger partial charge on any atom is 0.151 e. The van der Waals surface area contributed by atoms with E-state index in [0.29, 0.717) is 22.6 Å². The first kappa shape index (κ1) is 52.2. The molecule has 0 amide bonds. The number of nitrogens with zero attached hydrogens (tertiary/aromatic N) is 9. The van der Waals surface area contributed by atoms with Gasteiger partial charge in [-0.3, -0.25) is 9.97 Å². The molecule has 3 aliphatic rings. The normalized spacial score (nSPS) is 14.2. The number of rotatable bonds is 5. The van der Waals surface area contributed by atoms with Gasteiger partial charge in [-0.25, -0.2) is 0 Å². The third kappa shape index (κ3) is 6.96. The molecule has 444 valence electrons. The van der Waals surface area contributed by atoms with Gasteiger partial charge in [0.05, 0.1) is 119 Å². The van der Waals surface area contributed by atoms with E-state index in [-0.39, 0.29) is 0 Å². The highest BCUT2D eigenvalue weighted by atomic mass is 16.5. The largest absolute Gasteiger partial charge is 0.457 e. The Hall–Kier alpha value is -13.5. The maximum absolute atomic E-state index is 10.5. The van der Waals surface area contributed by atoms with Crippen molar-refractivity contribution in [1.29, 1.82) is 10.5 Å². The molecule has 0 radical (unpaired) electrons. The van der Waals surface area contributed by atoms with Gasteiger partial charge in [0.2, 0.25) is 0 Å². The number of benzene rings is 12. The lowest BCUT2D eigenvalue weighted by atomic mass is 9.66. The van der Waals surface area contributed by atoms with E-state index in [0.717, 1.165) is 172 Å². The SMILES string of the molecule is N#Cc1ccc2c(c1)c1ccccc1n2-c1cnc2c(c1)C1(c3ccc(-n4c5ccccc5c5ccccc54)cc3Oc3cc(-n4c5ccc(C#N)cc5c5cc(N6c7ccccc7Oc7ccccc76)ccc54)ccc31)c1cc(-n3c4ccccc4c4ccccc43)cnc1-2. The van der Waals surface area contributed by atoms with E-state index < -0.39 is 5.41 Å². The van der Waals surface area contributed by atoms with E-state index in [2.05, 4.69) is 248 Å². The van der Waals surface area contributed by atoms with Crippen LogP contribution in [0.5, 0.6) is 23.0 Å². The zero-order valence-corrected chi connectivity index (χ0v) is 51.0. The first-order valence-corrected chi connectivity index (χ1v) is 32.0. The molecule has 6 aromatic heterocycles. The predicted molar refractivity (Wildman–Crippen MR) is 381 cm³/mol. The summed E-state index contributed by atoms with van der Waals surface area (Å²) in [5.74, 6) is 2.87. The van der Waals surface area contributed by atoms with Crippen LogP contribution in [-0.4, -0.2) is 28.2 Å². The molecule has 2 aliphatic heterocycles. The van der Waals surface area contributed by atoms with Gasteiger partial charge >= 0.3 is 0 Å². The Labute approximate surface area is 547 Å². The van der Waals surface area contributed by atoms with Gasteiger partial charge in [-0.05, 0) is 133 Å². The minimum atomic E-state index is -1.11. The first-order chi connectivity index (χ1) is 47.5. The third-order valence-corrected chi connectivity index (χ3v) is 20.3. The molecule has 1 unspecified atom stereocenters. The van der Waals surface area contributed by atoms with Crippen molar-refractivity contribution in [3.05, 3.63) is 319 Å². The lowest BCUT2D eigenvalue weighted by Gasteiger charge is -2.39. The fourth-order valence-corrected chi connectivity index (χ4v) is 16.4. The van der Waals surface area contributed by atoms with E-state index >= 15 is 0 Å². The Morgan fingerprint density at radius 3 is 1.07 bits per heavy atom. The number of aromatic nitrogens is 6. The number of nitriles is 2. The summed E-state index contributed by atoms with van der Waals surface area (Å²) in [5.41, 5.74) is 19.9. The number of para-hydroxylation sites is 9. The molecule has 0 bridgehead atoms. The second kappa shape index (κ2) is 19.3. The van der Waals surface area contributed by atoms with E-state index in [4.69, 9.17) is 19.4 Å². The molecule has 1 atom stereocenters. The zero-order valence-electron chi connectivity index (χ0n) is 51.0. The van der Waals surface area contributed by atoms with Gasteiger partial charge in [0.1, 0.15) is 11.5 Å². The van der Waals surface area contributed by atoms with Crippen molar-refractivity contribution in [1.82, 2.24) is 28.2 Å². The summed E-state index contributed by atoms with van der Waals surface area (Å²) in [7, 11) is 0. The minimum absolute atomic E-state index is 0.564. The maximum atomic E-state index is 10.5. The molecule has 0 N–H and O–H groups in total. The fourth-order valence-electron chi connectivity index (χ4n) is 16.4. The van der Waals surface area contributed by atoms with Crippen molar-refractivity contribution >= 4 is 104 Å². The monoisotopic (exact) mass is 1230 g/mol. The fraction of sp³-hybridized carbons (Fsp3) is 0.0118. The smallest absolute Gasteiger partial charge is 0.151 e. The van der Waals surface area contributed by atoms with Crippen LogP contribution in [0.3, 0.4) is 0 Å². The van der Waals surface area contributed by atoms with Crippen LogP contribution in [0.15, 0.2) is 285 Å². The highest BCUT2D eigenvalue weighted by molar-refractivity contribution is 6.14. The molecule has 18 aromatic rings. The van der Waals surface area contributed by atoms with Crippen molar-refractivity contribution in [2.24, 2.45) is 0 Å². The Morgan fingerprint density at radius 1 is 0.281 bits per heavy atom. The minimum Gasteiger partial charge on any atom is -0.457 e. The molecular weight excluding hydrogens is 1180 g/mol. The third-order valence-electron chi connectivity index (χ3n) is 20.3. The standard InChI is InChI=1S/C85H47N9O2/c86-46-50-29-36-74-62(39-50)61-19-5-10-24-73(61)94(74)56-43-68-84(89-49-56)83-67(42-55(48-88-83)93-71-22-8-3-17-59(71)60-18-4-9-23-72(60)93)85(68)65-34-31-53(90-69-20-6-1-15-57(69)58-16-2-7-21-70(58)90)44-81(65)96-82-45-54(32-35-66(82)85)91-75-37-30-51(47-87)40-63(75)64-41-52(33-38-76(64)91)92-77-25-11-13-27-79(77)95-80-28-14-12-26-78(80)92/h1-45,48-49H. The van der Waals surface area contributed by atoms with Crippen molar-refractivity contribution in [2.75, 3.05) is 4.90 Å². The van der Waals surface area contributed by atoms with Crippen LogP contribution in [0.1, 0.15) is 33.4 Å². The van der Waals surface area contributed by atoms with Crippen molar-refractivity contribution in [3.63, 3.8) is 0 Å². The van der Waals surface area contributed by atoms with Gasteiger partial charge in [-0.15, -0.1) is 0 Å². The number of hydrogen-bond acceptors (Lipinski definition) is 7. The topological polar surface area (TPSA) is 115 Å². The molecule has 0 fully saturated rings. The summed E-state index contributed by atoms with van der Waals surface area (Å²) in [6.07, 6.45) is 3.99. The van der Waals surface area contributed by atoms with Crippen LogP contribution in [0.25, 0.3) is 121 Å². The summed E-state index contributed by atoms with van der Waals surface area (Å²) >= 11 is 0. The number of anilines is 3. The number of hydrogen-bond donors (Lipinski definition) is 0. The van der Waals surface area contributed by atoms with E-state index in [1.807, 2.05) is 73.1 Å². The van der Waals surface area contributed by atoms with Gasteiger partial charge in [-0.1, -0.05) is 127 Å². The second-order valence-corrected chi connectivity index (χ2v) is 25.1. The average molecular weight is 1230 g/mol. The lowest BCUT2D eigenvalue weighted by molar-refractivity contribution is 0.436. The summed E-state index contributed by atoms with van der Waals surface area (Å²) in [4.78, 5) is 13.5. The van der Waals surface area contributed by atoms with E-state index in [1.54, 1.807) is 0 Å². The Morgan fingerprint density at radius 2 is 0.625 bits per heavy atom. The average Bonchev–Trinajstić information content (AvgIpc) is 1.49. The Balaban J connectivity index is 0.852. The molecule has 0 saturated carbocycles. The van der Waals surface area contributed by atoms with Crippen LogP contribution in [0.2, 0.25) is 0 Å². The molecule has 11 nitrogen and oxygen atoms in total. The molecular formula is C85H47N9O2. The van der Waals surface area contributed by atoms with Gasteiger partial charge < -0.3 is 32.6 Å². The molecule has 21 rings (SSSR count). The van der Waals surface area contributed by atoms with Gasteiger partial charge in [0.25, 0.3) is 0 Å². The van der Waals surface area contributed by atoms with E-state index in [9.17, 15) is 10.5 Å². The molecule has 1 aliphatic carbocycles. The number of pyridine rings is 2. The lowest BCUT2D eigenvalue weighted by Crippen LogP contribution is -2.32. The summed E-state index contributed by atoms with van der Waals surface area (Å²) in [6, 6.07) is 101. The highest BCUT2D eigenvalue weighted by Gasteiger charge is 2.53. The molecule has 8 heterocycles. The molecule has 96 heavy (non-hydrogen) atoms. The molecule has 11 heteroatoms. The Bertz CT molecular complexity index is 6460. The van der Waals surface area contributed by atoms with Gasteiger partial charge in [0, 0.05) is 94.5 Å². The summed E-state index contributed by atoms with van der Waals surface area (Å²) in [5, 5.41) is 29.3. The van der Waals surface area contributed by atoms with Crippen LogP contribution in [0, 0.1) is 22.7 Å². The quantitative estimate of drug-likeness (QED) is 0.169. The Kier molecular flexibility index (Phi) is 10.5. The van der Waals surface area contributed by atoms with E-state index in [1.165, 1.54) is 0 Å². The molecule has 0 saturated heterocycles. The first-order valence-electron chi connectivity index (χ1n) is 32.0.